The maximum Gasteiger partial charge on any atom is 0.104 e. The van der Waals surface area contributed by atoms with Crippen molar-refractivity contribution in [3.8, 4) is 0 Å². The molecule has 0 spiro atoms. The van der Waals surface area contributed by atoms with Gasteiger partial charge in [-0.15, -0.1) is 0 Å². The molecular formula is C20H28N+. The van der Waals surface area contributed by atoms with Gasteiger partial charge in [0.25, 0.3) is 0 Å². The third kappa shape index (κ3) is 3.85. The normalized spacial score (nSPS) is 17.2. The Hall–Kier alpha value is -1.34. The van der Waals surface area contributed by atoms with Crippen LogP contribution < -0.4 is 0 Å². The average Bonchev–Trinajstić information content (AvgIpc) is 2.47. The molecule has 0 amide bonds. The topological polar surface area (TPSA) is 0 Å². The third-order valence-corrected chi connectivity index (χ3v) is 4.90. The van der Waals surface area contributed by atoms with Crippen LogP contribution in [0.2, 0.25) is 0 Å². The highest BCUT2D eigenvalue weighted by molar-refractivity contribution is 5.82. The SMILES string of the molecule is C[N+](C)(Cc1ccc2ccccc2c1)CC1CCCCC1. The van der Waals surface area contributed by atoms with Crippen LogP contribution in [0.25, 0.3) is 10.8 Å². The summed E-state index contributed by atoms with van der Waals surface area (Å²) in [6, 6.07) is 15.6. The van der Waals surface area contributed by atoms with Gasteiger partial charge < -0.3 is 4.48 Å². The fraction of sp³-hybridized carbons (Fsp3) is 0.500. The summed E-state index contributed by atoms with van der Waals surface area (Å²) in [6.07, 6.45) is 7.23. The van der Waals surface area contributed by atoms with Crippen molar-refractivity contribution in [3.05, 3.63) is 48.0 Å². The van der Waals surface area contributed by atoms with Gasteiger partial charge in [-0.3, -0.25) is 0 Å². The zero-order valence-electron chi connectivity index (χ0n) is 13.5. The first kappa shape index (κ1) is 14.6. The van der Waals surface area contributed by atoms with E-state index in [1.807, 2.05) is 0 Å². The molecule has 0 aromatic heterocycles. The summed E-state index contributed by atoms with van der Waals surface area (Å²) in [5, 5.41) is 2.71. The molecule has 1 saturated carbocycles. The molecule has 0 heterocycles. The quantitative estimate of drug-likeness (QED) is 0.693. The van der Waals surface area contributed by atoms with Gasteiger partial charge in [0.2, 0.25) is 0 Å². The molecule has 1 aliphatic rings. The van der Waals surface area contributed by atoms with E-state index >= 15 is 0 Å². The van der Waals surface area contributed by atoms with Crippen LogP contribution >= 0.6 is 0 Å². The van der Waals surface area contributed by atoms with Crippen molar-refractivity contribution in [3.63, 3.8) is 0 Å². The van der Waals surface area contributed by atoms with E-state index < -0.39 is 0 Å². The Labute approximate surface area is 129 Å². The smallest absolute Gasteiger partial charge is 0.104 e. The monoisotopic (exact) mass is 282 g/mol. The largest absolute Gasteiger partial charge is 0.324 e. The Morgan fingerprint density at radius 2 is 1.62 bits per heavy atom. The molecule has 2 aromatic carbocycles. The molecule has 0 unspecified atom stereocenters. The Bertz CT molecular complexity index is 594. The average molecular weight is 282 g/mol. The predicted molar refractivity (Wildman–Crippen MR) is 91.2 cm³/mol. The molecule has 0 bridgehead atoms. The summed E-state index contributed by atoms with van der Waals surface area (Å²) in [4.78, 5) is 0. The van der Waals surface area contributed by atoms with Crippen molar-refractivity contribution in [2.24, 2.45) is 5.92 Å². The van der Waals surface area contributed by atoms with Crippen LogP contribution in [0, 0.1) is 5.92 Å². The highest BCUT2D eigenvalue weighted by Crippen LogP contribution is 2.27. The van der Waals surface area contributed by atoms with Crippen molar-refractivity contribution in [2.75, 3.05) is 20.6 Å². The number of rotatable bonds is 4. The van der Waals surface area contributed by atoms with Crippen molar-refractivity contribution >= 4 is 10.8 Å². The summed E-state index contributed by atoms with van der Waals surface area (Å²) < 4.78 is 1.11. The maximum atomic E-state index is 2.39. The Kier molecular flexibility index (Phi) is 4.30. The van der Waals surface area contributed by atoms with E-state index in [0.717, 1.165) is 16.9 Å². The minimum absolute atomic E-state index is 0.939. The highest BCUT2D eigenvalue weighted by Gasteiger charge is 2.24. The predicted octanol–water partition coefficient (Wildman–Crippen LogP) is 5.00. The molecule has 1 nitrogen and oxygen atoms in total. The van der Waals surface area contributed by atoms with Crippen LogP contribution in [-0.2, 0) is 6.54 Å². The number of benzene rings is 2. The summed E-state index contributed by atoms with van der Waals surface area (Å²) in [5.41, 5.74) is 1.47. The zero-order chi connectivity index (χ0) is 14.7. The van der Waals surface area contributed by atoms with Gasteiger partial charge in [0.1, 0.15) is 6.54 Å². The van der Waals surface area contributed by atoms with E-state index in [0.29, 0.717) is 0 Å². The van der Waals surface area contributed by atoms with E-state index in [2.05, 4.69) is 56.6 Å². The van der Waals surface area contributed by atoms with Gasteiger partial charge in [-0.25, -0.2) is 0 Å². The van der Waals surface area contributed by atoms with Gasteiger partial charge in [-0.1, -0.05) is 55.7 Å². The third-order valence-electron chi connectivity index (χ3n) is 4.90. The van der Waals surface area contributed by atoms with Gasteiger partial charge in [0.15, 0.2) is 0 Å². The number of fused-ring (bicyclic) bond motifs is 1. The van der Waals surface area contributed by atoms with Gasteiger partial charge in [-0.05, 0) is 29.7 Å². The van der Waals surface area contributed by atoms with Gasteiger partial charge in [-0.2, -0.15) is 0 Å². The Balaban J connectivity index is 1.70. The minimum Gasteiger partial charge on any atom is -0.324 e. The van der Waals surface area contributed by atoms with E-state index in [1.54, 1.807) is 0 Å². The van der Waals surface area contributed by atoms with E-state index in [1.165, 1.54) is 55.0 Å². The molecule has 3 rings (SSSR count). The Morgan fingerprint density at radius 3 is 2.38 bits per heavy atom. The Morgan fingerprint density at radius 1 is 0.905 bits per heavy atom. The first-order chi connectivity index (χ1) is 10.1. The standard InChI is InChI=1S/C20H28N/c1-21(2,15-17-8-4-3-5-9-17)16-18-12-13-19-10-6-7-11-20(19)14-18/h6-7,10-14,17H,3-5,8-9,15-16H2,1-2H3/q+1. The van der Waals surface area contributed by atoms with Crippen molar-refractivity contribution in [1.29, 1.82) is 0 Å². The lowest BCUT2D eigenvalue weighted by molar-refractivity contribution is -0.907. The van der Waals surface area contributed by atoms with Crippen molar-refractivity contribution < 1.29 is 4.48 Å². The van der Waals surface area contributed by atoms with E-state index in [4.69, 9.17) is 0 Å². The first-order valence-corrected chi connectivity index (χ1v) is 8.42. The molecule has 1 fully saturated rings. The van der Waals surface area contributed by atoms with Gasteiger partial charge in [0.05, 0.1) is 20.6 Å². The molecule has 0 aliphatic heterocycles. The molecule has 1 heteroatoms. The summed E-state index contributed by atoms with van der Waals surface area (Å²) in [6.45, 7) is 2.47. The number of quaternary nitrogens is 1. The molecule has 0 N–H and O–H groups in total. The first-order valence-electron chi connectivity index (χ1n) is 8.42. The van der Waals surface area contributed by atoms with Gasteiger partial charge >= 0.3 is 0 Å². The number of hydrogen-bond acceptors (Lipinski definition) is 0. The number of nitrogens with zero attached hydrogens (tertiary/aromatic N) is 1. The van der Waals surface area contributed by atoms with Crippen LogP contribution in [0.4, 0.5) is 0 Å². The van der Waals surface area contributed by atoms with Gasteiger partial charge in [0, 0.05) is 11.5 Å². The van der Waals surface area contributed by atoms with Crippen LogP contribution in [0.5, 0.6) is 0 Å². The fourth-order valence-electron chi connectivity index (χ4n) is 3.96. The minimum atomic E-state index is 0.939. The zero-order valence-corrected chi connectivity index (χ0v) is 13.5. The molecular weight excluding hydrogens is 254 g/mol. The fourth-order valence-corrected chi connectivity index (χ4v) is 3.96. The summed E-state index contributed by atoms with van der Waals surface area (Å²) >= 11 is 0. The molecule has 2 aromatic rings. The highest BCUT2D eigenvalue weighted by atomic mass is 15.3. The molecule has 0 atom stereocenters. The second kappa shape index (κ2) is 6.19. The molecule has 112 valence electrons. The van der Waals surface area contributed by atoms with Crippen molar-refractivity contribution in [1.82, 2.24) is 0 Å². The van der Waals surface area contributed by atoms with Crippen LogP contribution in [0.15, 0.2) is 42.5 Å². The summed E-state index contributed by atoms with van der Waals surface area (Å²) in [5.74, 6) is 0.939. The maximum absolute atomic E-state index is 2.39. The lowest BCUT2D eigenvalue weighted by Gasteiger charge is -2.35. The second-order valence-corrected chi connectivity index (χ2v) is 7.46. The number of hydrogen-bond donors (Lipinski definition) is 0. The molecule has 0 saturated heterocycles. The molecule has 0 radical (unpaired) electrons. The lowest BCUT2D eigenvalue weighted by atomic mass is 9.88. The van der Waals surface area contributed by atoms with E-state index in [-0.39, 0.29) is 0 Å². The van der Waals surface area contributed by atoms with Crippen molar-refractivity contribution in [2.45, 2.75) is 38.6 Å². The summed E-state index contributed by atoms with van der Waals surface area (Å²) in [7, 11) is 4.79. The van der Waals surface area contributed by atoms with E-state index in [9.17, 15) is 0 Å². The van der Waals surface area contributed by atoms with Crippen LogP contribution in [0.3, 0.4) is 0 Å². The molecule has 1 aliphatic carbocycles. The van der Waals surface area contributed by atoms with Crippen LogP contribution in [0.1, 0.15) is 37.7 Å². The second-order valence-electron chi connectivity index (χ2n) is 7.46. The lowest BCUT2D eigenvalue weighted by Crippen LogP contribution is -2.43. The molecule has 21 heavy (non-hydrogen) atoms. The van der Waals surface area contributed by atoms with Crippen LogP contribution in [-0.4, -0.2) is 25.1 Å².